The highest BCUT2D eigenvalue weighted by Crippen LogP contribution is 2.13. The lowest BCUT2D eigenvalue weighted by atomic mass is 10.00. The molecule has 5 heteroatoms. The van der Waals surface area contributed by atoms with E-state index in [0.717, 1.165) is 31.9 Å². The van der Waals surface area contributed by atoms with Crippen molar-refractivity contribution in [3.05, 3.63) is 12.2 Å². The molecule has 0 amide bonds. The maximum Gasteiger partial charge on any atom is 0.227 e. The Bertz CT molecular complexity index is 325. The molecule has 0 bridgehead atoms. The van der Waals surface area contributed by atoms with Crippen molar-refractivity contribution >= 4 is 0 Å². The molecule has 0 saturated carbocycles. The van der Waals surface area contributed by atoms with Crippen LogP contribution in [0.1, 0.15) is 26.7 Å². The van der Waals surface area contributed by atoms with Gasteiger partial charge in [0.05, 0.1) is 0 Å². The number of nitrogens with one attached hydrogen (secondary N) is 1. The van der Waals surface area contributed by atoms with E-state index in [1.165, 1.54) is 6.33 Å². The van der Waals surface area contributed by atoms with Gasteiger partial charge >= 0.3 is 0 Å². The van der Waals surface area contributed by atoms with Crippen molar-refractivity contribution in [3.63, 3.8) is 0 Å². The molecule has 0 aliphatic carbocycles. The highest BCUT2D eigenvalue weighted by atomic mass is 16.5. The van der Waals surface area contributed by atoms with Gasteiger partial charge in [-0.2, -0.15) is 4.98 Å². The molecule has 1 aromatic rings. The molecule has 17 heavy (non-hydrogen) atoms. The zero-order valence-electron chi connectivity index (χ0n) is 10.9. The number of aromatic nitrogens is 2. The largest absolute Gasteiger partial charge is 0.340 e. The van der Waals surface area contributed by atoms with Gasteiger partial charge in [-0.1, -0.05) is 19.0 Å². The second-order valence-electron chi connectivity index (χ2n) is 5.19. The van der Waals surface area contributed by atoms with Crippen molar-refractivity contribution in [2.45, 2.75) is 39.3 Å². The van der Waals surface area contributed by atoms with Gasteiger partial charge < -0.3 is 9.84 Å². The zero-order valence-corrected chi connectivity index (χ0v) is 10.9. The van der Waals surface area contributed by atoms with Gasteiger partial charge in [0, 0.05) is 38.1 Å². The van der Waals surface area contributed by atoms with Crippen LogP contribution in [0.3, 0.4) is 0 Å². The van der Waals surface area contributed by atoms with Crippen LogP contribution in [0.2, 0.25) is 0 Å². The molecule has 2 atom stereocenters. The van der Waals surface area contributed by atoms with E-state index in [2.05, 4.69) is 41.1 Å². The predicted octanol–water partition coefficient (Wildman–Crippen LogP) is 0.930. The lowest BCUT2D eigenvalue weighted by Gasteiger charge is -2.40. The molecule has 1 aliphatic rings. The smallest absolute Gasteiger partial charge is 0.227 e. The second kappa shape index (κ2) is 5.60. The van der Waals surface area contributed by atoms with Crippen LogP contribution in [0, 0.1) is 5.92 Å². The third kappa shape index (κ3) is 3.26. The lowest BCUT2D eigenvalue weighted by molar-refractivity contribution is 0.121. The van der Waals surface area contributed by atoms with Crippen molar-refractivity contribution in [2.75, 3.05) is 19.6 Å². The van der Waals surface area contributed by atoms with E-state index in [9.17, 15) is 0 Å². The summed E-state index contributed by atoms with van der Waals surface area (Å²) in [4.78, 5) is 6.57. The fourth-order valence-electron chi connectivity index (χ4n) is 2.25. The van der Waals surface area contributed by atoms with E-state index >= 15 is 0 Å². The van der Waals surface area contributed by atoms with E-state index in [4.69, 9.17) is 4.52 Å². The molecule has 96 valence electrons. The summed E-state index contributed by atoms with van der Waals surface area (Å²) in [7, 11) is 0. The van der Waals surface area contributed by atoms with E-state index in [-0.39, 0.29) is 0 Å². The molecule has 1 N–H and O–H groups in total. The SMILES string of the molecule is CC(C)C1CN(CCc2ncno2)C(C)CN1. The molecule has 0 radical (unpaired) electrons. The number of piperazine rings is 1. The van der Waals surface area contributed by atoms with Crippen molar-refractivity contribution in [1.82, 2.24) is 20.4 Å². The van der Waals surface area contributed by atoms with E-state index < -0.39 is 0 Å². The van der Waals surface area contributed by atoms with Crippen LogP contribution < -0.4 is 5.32 Å². The van der Waals surface area contributed by atoms with Gasteiger partial charge in [-0.3, -0.25) is 4.90 Å². The van der Waals surface area contributed by atoms with Gasteiger partial charge in [0.2, 0.25) is 5.89 Å². The first-order valence-corrected chi connectivity index (χ1v) is 6.40. The Balaban J connectivity index is 1.85. The van der Waals surface area contributed by atoms with Crippen LogP contribution in [0.25, 0.3) is 0 Å². The monoisotopic (exact) mass is 238 g/mol. The maximum absolute atomic E-state index is 5.03. The van der Waals surface area contributed by atoms with Crippen LogP contribution >= 0.6 is 0 Å². The standard InChI is InChI=1S/C12H22N4O/c1-9(2)11-7-16(10(3)6-13-11)5-4-12-14-8-15-17-12/h8-11,13H,4-7H2,1-3H3. The summed E-state index contributed by atoms with van der Waals surface area (Å²) in [6, 6.07) is 1.17. The minimum absolute atomic E-state index is 0.577. The van der Waals surface area contributed by atoms with Gasteiger partial charge in [-0.05, 0) is 12.8 Å². The highest BCUT2D eigenvalue weighted by Gasteiger charge is 2.26. The van der Waals surface area contributed by atoms with Crippen LogP contribution in [0.5, 0.6) is 0 Å². The third-order valence-electron chi connectivity index (χ3n) is 3.55. The number of hydrogen-bond donors (Lipinski definition) is 1. The minimum atomic E-state index is 0.577. The topological polar surface area (TPSA) is 54.2 Å². The Labute approximate surface area is 103 Å². The molecule has 1 aliphatic heterocycles. The number of rotatable bonds is 4. The first kappa shape index (κ1) is 12.5. The number of nitrogens with zero attached hydrogens (tertiary/aromatic N) is 3. The van der Waals surface area contributed by atoms with Gasteiger partial charge in [-0.15, -0.1) is 0 Å². The molecular weight excluding hydrogens is 216 g/mol. The number of hydrogen-bond acceptors (Lipinski definition) is 5. The molecule has 0 aromatic carbocycles. The lowest BCUT2D eigenvalue weighted by Crippen LogP contribution is -2.57. The molecule has 2 heterocycles. The fraction of sp³-hybridized carbons (Fsp3) is 0.833. The Kier molecular flexibility index (Phi) is 4.12. The van der Waals surface area contributed by atoms with Gasteiger partial charge in [0.25, 0.3) is 0 Å². The summed E-state index contributed by atoms with van der Waals surface area (Å²) < 4.78 is 5.03. The minimum Gasteiger partial charge on any atom is -0.340 e. The summed E-state index contributed by atoms with van der Waals surface area (Å²) in [5.74, 6) is 1.41. The van der Waals surface area contributed by atoms with Crippen LogP contribution in [0.4, 0.5) is 0 Å². The van der Waals surface area contributed by atoms with Crippen molar-refractivity contribution in [2.24, 2.45) is 5.92 Å². The van der Waals surface area contributed by atoms with Gasteiger partial charge in [0.15, 0.2) is 6.33 Å². The van der Waals surface area contributed by atoms with Crippen molar-refractivity contribution in [1.29, 1.82) is 0 Å². The van der Waals surface area contributed by atoms with Gasteiger partial charge in [-0.25, -0.2) is 0 Å². The summed E-state index contributed by atoms with van der Waals surface area (Å²) in [6.45, 7) is 9.96. The Morgan fingerprint density at radius 3 is 3.06 bits per heavy atom. The maximum atomic E-state index is 5.03. The Morgan fingerprint density at radius 1 is 1.59 bits per heavy atom. The highest BCUT2D eigenvalue weighted by molar-refractivity contribution is 4.87. The van der Waals surface area contributed by atoms with E-state index in [0.29, 0.717) is 18.0 Å². The molecule has 1 fully saturated rings. The zero-order chi connectivity index (χ0) is 12.3. The summed E-state index contributed by atoms with van der Waals surface area (Å²) >= 11 is 0. The Hall–Kier alpha value is -0.940. The molecule has 5 nitrogen and oxygen atoms in total. The first-order chi connectivity index (χ1) is 8.16. The molecular formula is C12H22N4O. The molecule has 1 saturated heterocycles. The Morgan fingerprint density at radius 2 is 2.41 bits per heavy atom. The van der Waals surface area contributed by atoms with E-state index in [1.54, 1.807) is 0 Å². The summed E-state index contributed by atoms with van der Waals surface area (Å²) in [6.07, 6.45) is 2.31. The first-order valence-electron chi connectivity index (χ1n) is 6.40. The summed E-state index contributed by atoms with van der Waals surface area (Å²) in [5, 5.41) is 7.23. The molecule has 1 aromatic heterocycles. The normalized spacial score (nSPS) is 26.6. The van der Waals surface area contributed by atoms with Crippen molar-refractivity contribution in [3.8, 4) is 0 Å². The fourth-order valence-corrected chi connectivity index (χ4v) is 2.25. The molecule has 2 unspecified atom stereocenters. The average Bonchev–Trinajstić information content (AvgIpc) is 2.80. The summed E-state index contributed by atoms with van der Waals surface area (Å²) in [5.41, 5.74) is 0. The average molecular weight is 238 g/mol. The third-order valence-corrected chi connectivity index (χ3v) is 3.55. The van der Waals surface area contributed by atoms with Crippen LogP contribution in [0.15, 0.2) is 10.9 Å². The predicted molar refractivity (Wildman–Crippen MR) is 65.7 cm³/mol. The quantitative estimate of drug-likeness (QED) is 0.845. The van der Waals surface area contributed by atoms with Crippen LogP contribution in [-0.2, 0) is 6.42 Å². The van der Waals surface area contributed by atoms with Gasteiger partial charge in [0.1, 0.15) is 0 Å². The molecule has 0 spiro atoms. The van der Waals surface area contributed by atoms with Crippen molar-refractivity contribution < 1.29 is 4.52 Å². The molecule has 2 rings (SSSR count). The second-order valence-corrected chi connectivity index (χ2v) is 5.19. The van der Waals surface area contributed by atoms with Crippen LogP contribution in [-0.4, -0.2) is 46.8 Å². The van der Waals surface area contributed by atoms with E-state index in [1.807, 2.05) is 0 Å².